The van der Waals surface area contributed by atoms with Crippen LogP contribution in [-0.2, 0) is 4.74 Å². The average molecular weight is 422 g/mol. The minimum Gasteiger partial charge on any atom is -0.495 e. The van der Waals surface area contributed by atoms with Crippen LogP contribution in [0.2, 0.25) is 0 Å². The van der Waals surface area contributed by atoms with Gasteiger partial charge in [-0.05, 0) is 44.2 Å². The van der Waals surface area contributed by atoms with Crippen molar-refractivity contribution in [2.45, 2.75) is 16.6 Å². The van der Waals surface area contributed by atoms with Gasteiger partial charge in [0.05, 0.1) is 12.8 Å². The van der Waals surface area contributed by atoms with Crippen molar-refractivity contribution in [3.8, 4) is 5.75 Å². The van der Waals surface area contributed by atoms with Gasteiger partial charge in [-0.2, -0.15) is 0 Å². The summed E-state index contributed by atoms with van der Waals surface area (Å²) in [6.45, 7) is 3.78. The van der Waals surface area contributed by atoms with E-state index >= 15 is 0 Å². The van der Waals surface area contributed by atoms with Crippen molar-refractivity contribution in [3.63, 3.8) is 0 Å². The maximum atomic E-state index is 12.6. The molecule has 0 aromatic heterocycles. The molecule has 1 unspecified atom stereocenters. The zero-order chi connectivity index (χ0) is 19.6. The van der Waals surface area contributed by atoms with E-state index in [4.69, 9.17) is 4.74 Å². The monoisotopic (exact) mass is 421 g/mol. The predicted molar refractivity (Wildman–Crippen MR) is 103 cm³/mol. The molecule has 1 fully saturated rings. The van der Waals surface area contributed by atoms with Gasteiger partial charge in [0.25, 0.3) is 0 Å². The van der Waals surface area contributed by atoms with Crippen molar-refractivity contribution in [1.29, 1.82) is 0 Å². The third-order valence-electron chi connectivity index (χ3n) is 4.39. The molecule has 1 aromatic carbocycles. The quantitative estimate of drug-likeness (QED) is 0.667. The fourth-order valence-corrected chi connectivity index (χ4v) is 4.92. The third kappa shape index (κ3) is 5.18. The number of ether oxygens (including phenoxy) is 2. The molecule has 0 saturated carbocycles. The number of benzene rings is 1. The Kier molecular flexibility index (Phi) is 6.39. The number of likely N-dealkylation sites (N-methyl/N-ethyl adjacent to an activating group) is 2. The molecule has 1 atom stereocenters. The lowest BCUT2D eigenvalue weighted by Gasteiger charge is -2.34. The van der Waals surface area contributed by atoms with Crippen molar-refractivity contribution < 1.29 is 22.6 Å². The summed E-state index contributed by atoms with van der Waals surface area (Å²) < 4.78 is 49.3. The topological polar surface area (TPSA) is 28.2 Å². The van der Waals surface area contributed by atoms with Crippen LogP contribution in [0.1, 0.15) is 0 Å². The number of anilines is 1. The predicted octanol–water partition coefficient (Wildman–Crippen LogP) is 3.84. The molecule has 2 aliphatic rings. The highest BCUT2D eigenvalue weighted by Crippen LogP contribution is 2.43. The van der Waals surface area contributed by atoms with Gasteiger partial charge in [0, 0.05) is 36.5 Å². The summed E-state index contributed by atoms with van der Waals surface area (Å²) in [7, 11) is 5.44. The summed E-state index contributed by atoms with van der Waals surface area (Å²) in [5, 5.41) is 0.830. The summed E-state index contributed by atoms with van der Waals surface area (Å²) in [6.07, 6.45) is -4.70. The van der Waals surface area contributed by atoms with Gasteiger partial charge in [-0.1, -0.05) is 11.8 Å². The lowest BCUT2D eigenvalue weighted by atomic mass is 10.2. The lowest BCUT2D eigenvalue weighted by molar-refractivity contribution is -0.306. The van der Waals surface area contributed by atoms with Crippen LogP contribution in [0.25, 0.3) is 0 Å². The Morgan fingerprint density at radius 3 is 2.48 bits per heavy atom. The molecule has 0 amide bonds. The van der Waals surface area contributed by atoms with Gasteiger partial charge in [0.15, 0.2) is 0 Å². The van der Waals surface area contributed by atoms with E-state index in [9.17, 15) is 13.2 Å². The molecule has 2 heterocycles. The minimum absolute atomic E-state index is 0.109. The van der Waals surface area contributed by atoms with Crippen LogP contribution in [-0.4, -0.2) is 68.3 Å². The second-order valence-electron chi connectivity index (χ2n) is 6.31. The molecule has 150 valence electrons. The number of halogens is 3. The number of hydrogen-bond acceptors (Lipinski definition) is 7. The first-order chi connectivity index (χ1) is 12.8. The molecule has 0 N–H and O–H groups in total. The summed E-state index contributed by atoms with van der Waals surface area (Å²) in [5.41, 5.74) is 1.01. The Morgan fingerprint density at radius 2 is 1.85 bits per heavy atom. The third-order valence-corrected chi connectivity index (χ3v) is 6.70. The number of nitrogens with zero attached hydrogens (tertiary/aromatic N) is 3. The zero-order valence-electron chi connectivity index (χ0n) is 15.3. The standard InChI is InChI=1S/C17H22F3N3O2S2/c1-21-6-8-23(9-7-21)13-5-4-12(10-14(13)24-3)27-16-15(11-26-22(16)2)25-17(18,19)20/h4-5,10-11,16H,6-9H2,1-3H3. The second-order valence-corrected chi connectivity index (χ2v) is 8.49. The molecule has 1 saturated heterocycles. The summed E-state index contributed by atoms with van der Waals surface area (Å²) in [5.74, 6) is 0.613. The Bertz CT molecular complexity index is 694. The smallest absolute Gasteiger partial charge is 0.495 e. The van der Waals surface area contributed by atoms with Crippen LogP contribution in [0.3, 0.4) is 0 Å². The van der Waals surface area contributed by atoms with Gasteiger partial charge < -0.3 is 19.3 Å². The molecule has 0 bridgehead atoms. The molecule has 3 rings (SSSR count). The molecule has 0 aliphatic carbocycles. The molecule has 0 spiro atoms. The largest absolute Gasteiger partial charge is 0.572 e. The fraction of sp³-hybridized carbons (Fsp3) is 0.529. The second kappa shape index (κ2) is 8.42. The SMILES string of the molecule is COc1cc(SC2C(OC(F)(F)F)=CSN2C)ccc1N1CCN(C)CC1. The maximum Gasteiger partial charge on any atom is 0.572 e. The van der Waals surface area contributed by atoms with Crippen molar-refractivity contribution >= 4 is 29.4 Å². The van der Waals surface area contributed by atoms with E-state index in [1.807, 2.05) is 18.2 Å². The Morgan fingerprint density at radius 1 is 1.15 bits per heavy atom. The van der Waals surface area contributed by atoms with Crippen molar-refractivity contribution in [1.82, 2.24) is 9.21 Å². The van der Waals surface area contributed by atoms with Gasteiger partial charge in [0.1, 0.15) is 16.9 Å². The minimum atomic E-state index is -4.70. The van der Waals surface area contributed by atoms with Crippen molar-refractivity contribution in [2.75, 3.05) is 52.3 Å². The number of alkyl halides is 3. The van der Waals surface area contributed by atoms with Crippen LogP contribution >= 0.6 is 23.7 Å². The first-order valence-corrected chi connectivity index (χ1v) is 10.1. The van der Waals surface area contributed by atoms with Crippen LogP contribution in [0.4, 0.5) is 18.9 Å². The van der Waals surface area contributed by atoms with E-state index in [1.165, 1.54) is 29.1 Å². The van der Waals surface area contributed by atoms with Crippen LogP contribution in [0.5, 0.6) is 5.75 Å². The van der Waals surface area contributed by atoms with E-state index in [0.29, 0.717) is 0 Å². The van der Waals surface area contributed by atoms with Gasteiger partial charge in [-0.3, -0.25) is 0 Å². The molecule has 27 heavy (non-hydrogen) atoms. The van der Waals surface area contributed by atoms with Gasteiger partial charge >= 0.3 is 6.36 Å². The number of piperazine rings is 1. The Hall–Kier alpha value is -1.23. The number of methoxy groups -OCH3 is 1. The zero-order valence-corrected chi connectivity index (χ0v) is 17.0. The van der Waals surface area contributed by atoms with Crippen LogP contribution in [0.15, 0.2) is 34.3 Å². The first-order valence-electron chi connectivity index (χ1n) is 8.40. The van der Waals surface area contributed by atoms with Gasteiger partial charge in [-0.25, -0.2) is 4.31 Å². The normalized spacial score (nSPS) is 22.1. The summed E-state index contributed by atoms with van der Waals surface area (Å²) >= 11 is 2.49. The molecular weight excluding hydrogens is 399 g/mol. The van der Waals surface area contributed by atoms with E-state index in [1.54, 1.807) is 18.5 Å². The van der Waals surface area contributed by atoms with E-state index in [2.05, 4.69) is 21.6 Å². The molecule has 1 aromatic rings. The van der Waals surface area contributed by atoms with Gasteiger partial charge in [0.2, 0.25) is 0 Å². The molecule has 2 aliphatic heterocycles. The Labute approximate surface area is 165 Å². The average Bonchev–Trinajstić information content (AvgIpc) is 2.94. The molecular formula is C17H22F3N3O2S2. The lowest BCUT2D eigenvalue weighted by Crippen LogP contribution is -2.44. The molecule has 10 heteroatoms. The first kappa shape index (κ1) is 20.5. The highest BCUT2D eigenvalue weighted by atomic mass is 32.2. The maximum absolute atomic E-state index is 12.6. The Balaban J connectivity index is 1.74. The van der Waals surface area contributed by atoms with Gasteiger partial charge in [-0.15, -0.1) is 13.2 Å². The van der Waals surface area contributed by atoms with Crippen LogP contribution in [0, 0.1) is 0 Å². The number of thioether (sulfide) groups is 1. The van der Waals surface area contributed by atoms with Crippen molar-refractivity contribution in [2.24, 2.45) is 0 Å². The van der Waals surface area contributed by atoms with E-state index < -0.39 is 11.7 Å². The summed E-state index contributed by atoms with van der Waals surface area (Å²) in [4.78, 5) is 5.36. The number of hydrogen-bond donors (Lipinski definition) is 0. The van der Waals surface area contributed by atoms with Crippen molar-refractivity contribution in [3.05, 3.63) is 29.4 Å². The molecule has 5 nitrogen and oxygen atoms in total. The molecule has 0 radical (unpaired) electrons. The highest BCUT2D eigenvalue weighted by molar-refractivity contribution is 8.04. The van der Waals surface area contributed by atoms with E-state index in [0.717, 1.165) is 42.5 Å². The summed E-state index contributed by atoms with van der Waals surface area (Å²) in [6, 6.07) is 5.77. The number of rotatable bonds is 5. The van der Waals surface area contributed by atoms with Crippen LogP contribution < -0.4 is 9.64 Å². The fourth-order valence-electron chi connectivity index (χ4n) is 2.94. The van der Waals surface area contributed by atoms with E-state index in [-0.39, 0.29) is 5.76 Å². The highest BCUT2D eigenvalue weighted by Gasteiger charge is 2.38.